The molecule has 1 aliphatic heterocycles. The highest BCUT2D eigenvalue weighted by molar-refractivity contribution is 7.13. The molecule has 122 valence electrons. The normalized spacial score (nSPS) is 18.4. The van der Waals surface area contributed by atoms with E-state index in [0.29, 0.717) is 18.2 Å². The zero-order valence-corrected chi connectivity index (χ0v) is 14.1. The summed E-state index contributed by atoms with van der Waals surface area (Å²) in [6.07, 6.45) is 1.30. The molecular formula is C14H21N3O4S. The van der Waals surface area contributed by atoms with E-state index in [4.69, 9.17) is 9.47 Å². The Kier molecular flexibility index (Phi) is 5.00. The third-order valence-electron chi connectivity index (χ3n) is 3.06. The minimum Gasteiger partial charge on any atom is -0.461 e. The van der Waals surface area contributed by atoms with Crippen molar-refractivity contribution in [1.29, 1.82) is 0 Å². The standard InChI is InChI=1S/C14H21N3O4S/c1-5-20-12(18)11-16-15-10(22-11)9-7-6-8-17(9)13(19)21-14(2,3)4/h9H,5-8H2,1-4H3. The molecule has 2 rings (SSSR count). The summed E-state index contributed by atoms with van der Waals surface area (Å²) in [4.78, 5) is 25.6. The van der Waals surface area contributed by atoms with Crippen LogP contribution in [0, 0.1) is 0 Å². The molecule has 0 bridgehead atoms. The van der Waals surface area contributed by atoms with Crippen LogP contribution in [0.3, 0.4) is 0 Å². The molecule has 7 nitrogen and oxygen atoms in total. The van der Waals surface area contributed by atoms with Gasteiger partial charge in [-0.05, 0) is 40.5 Å². The summed E-state index contributed by atoms with van der Waals surface area (Å²) in [5.74, 6) is -0.479. The van der Waals surface area contributed by atoms with Crippen LogP contribution < -0.4 is 0 Å². The van der Waals surface area contributed by atoms with E-state index in [9.17, 15) is 9.59 Å². The second-order valence-corrected chi connectivity index (χ2v) is 7.01. The van der Waals surface area contributed by atoms with E-state index in [1.54, 1.807) is 11.8 Å². The quantitative estimate of drug-likeness (QED) is 0.794. The number of hydrogen-bond donors (Lipinski definition) is 0. The lowest BCUT2D eigenvalue weighted by atomic mass is 10.2. The number of amides is 1. The number of rotatable bonds is 3. The van der Waals surface area contributed by atoms with Crippen molar-refractivity contribution in [2.45, 2.75) is 52.2 Å². The van der Waals surface area contributed by atoms with Crippen molar-refractivity contribution in [2.75, 3.05) is 13.2 Å². The van der Waals surface area contributed by atoms with Gasteiger partial charge in [0.1, 0.15) is 10.6 Å². The molecule has 1 aromatic rings. The first-order chi connectivity index (χ1) is 10.3. The number of aromatic nitrogens is 2. The van der Waals surface area contributed by atoms with Crippen molar-refractivity contribution in [3.63, 3.8) is 0 Å². The van der Waals surface area contributed by atoms with Crippen LogP contribution in [0.2, 0.25) is 0 Å². The molecule has 1 atom stereocenters. The lowest BCUT2D eigenvalue weighted by molar-refractivity contribution is 0.0223. The molecule has 1 unspecified atom stereocenters. The van der Waals surface area contributed by atoms with E-state index in [2.05, 4.69) is 10.2 Å². The Morgan fingerprint density at radius 1 is 1.36 bits per heavy atom. The minimum atomic E-state index is -0.540. The topological polar surface area (TPSA) is 81.6 Å². The summed E-state index contributed by atoms with van der Waals surface area (Å²) in [6.45, 7) is 8.15. The fourth-order valence-electron chi connectivity index (χ4n) is 2.21. The first-order valence-corrected chi connectivity index (χ1v) is 8.13. The van der Waals surface area contributed by atoms with Crippen LogP contribution in [-0.2, 0) is 9.47 Å². The summed E-state index contributed by atoms with van der Waals surface area (Å²) in [5.41, 5.74) is -0.540. The number of carbonyl (C=O) groups excluding carboxylic acids is 2. The molecule has 8 heteroatoms. The van der Waals surface area contributed by atoms with Gasteiger partial charge in [-0.2, -0.15) is 0 Å². The minimum absolute atomic E-state index is 0.185. The number of ether oxygens (including phenoxy) is 2. The summed E-state index contributed by atoms with van der Waals surface area (Å²) in [5, 5.41) is 8.77. The average molecular weight is 327 g/mol. The molecule has 1 aromatic heterocycles. The molecule has 0 aliphatic carbocycles. The fourth-order valence-corrected chi connectivity index (χ4v) is 3.09. The number of hydrogen-bond acceptors (Lipinski definition) is 7. The summed E-state index contributed by atoms with van der Waals surface area (Å²) >= 11 is 1.17. The van der Waals surface area contributed by atoms with E-state index in [-0.39, 0.29) is 17.1 Å². The van der Waals surface area contributed by atoms with Crippen LogP contribution >= 0.6 is 11.3 Å². The molecular weight excluding hydrogens is 306 g/mol. The summed E-state index contributed by atoms with van der Waals surface area (Å²) < 4.78 is 10.3. The second-order valence-electron chi connectivity index (χ2n) is 6.00. The van der Waals surface area contributed by atoms with Crippen molar-refractivity contribution >= 4 is 23.4 Å². The van der Waals surface area contributed by atoms with Crippen molar-refractivity contribution < 1.29 is 19.1 Å². The molecule has 0 N–H and O–H groups in total. The zero-order valence-electron chi connectivity index (χ0n) is 13.3. The van der Waals surface area contributed by atoms with E-state index in [1.807, 2.05) is 20.8 Å². The number of likely N-dealkylation sites (tertiary alicyclic amines) is 1. The van der Waals surface area contributed by atoms with E-state index in [0.717, 1.165) is 12.8 Å². The Morgan fingerprint density at radius 3 is 2.73 bits per heavy atom. The van der Waals surface area contributed by atoms with Gasteiger partial charge in [0.15, 0.2) is 0 Å². The predicted molar refractivity (Wildman–Crippen MR) is 80.8 cm³/mol. The van der Waals surface area contributed by atoms with Gasteiger partial charge in [0.25, 0.3) is 0 Å². The van der Waals surface area contributed by atoms with Crippen LogP contribution in [0.4, 0.5) is 4.79 Å². The largest absolute Gasteiger partial charge is 0.461 e. The molecule has 0 aromatic carbocycles. The van der Waals surface area contributed by atoms with Gasteiger partial charge in [0.2, 0.25) is 5.01 Å². The molecule has 0 saturated carbocycles. The van der Waals surface area contributed by atoms with Crippen molar-refractivity contribution in [3.05, 3.63) is 10.0 Å². The van der Waals surface area contributed by atoms with Crippen LogP contribution in [0.25, 0.3) is 0 Å². The molecule has 1 fully saturated rings. The monoisotopic (exact) mass is 327 g/mol. The van der Waals surface area contributed by atoms with E-state index in [1.165, 1.54) is 11.3 Å². The second kappa shape index (κ2) is 6.60. The lowest BCUT2D eigenvalue weighted by Crippen LogP contribution is -2.36. The maximum atomic E-state index is 12.3. The smallest absolute Gasteiger partial charge is 0.410 e. The van der Waals surface area contributed by atoms with E-state index < -0.39 is 11.6 Å². The molecule has 1 amide bonds. The van der Waals surface area contributed by atoms with Crippen LogP contribution in [0.15, 0.2) is 0 Å². The van der Waals surface area contributed by atoms with Gasteiger partial charge >= 0.3 is 12.1 Å². The van der Waals surface area contributed by atoms with Crippen molar-refractivity contribution in [1.82, 2.24) is 15.1 Å². The van der Waals surface area contributed by atoms with Crippen molar-refractivity contribution in [2.24, 2.45) is 0 Å². The van der Waals surface area contributed by atoms with E-state index >= 15 is 0 Å². The van der Waals surface area contributed by atoms with Crippen LogP contribution in [0.1, 0.15) is 61.4 Å². The first-order valence-electron chi connectivity index (χ1n) is 7.32. The molecule has 1 saturated heterocycles. The Balaban J connectivity index is 2.10. The molecule has 2 heterocycles. The maximum absolute atomic E-state index is 12.3. The third-order valence-corrected chi connectivity index (χ3v) is 4.06. The highest BCUT2D eigenvalue weighted by atomic mass is 32.1. The fraction of sp³-hybridized carbons (Fsp3) is 0.714. The lowest BCUT2D eigenvalue weighted by Gasteiger charge is -2.27. The van der Waals surface area contributed by atoms with Gasteiger partial charge in [0, 0.05) is 6.54 Å². The number of esters is 1. The van der Waals surface area contributed by atoms with Gasteiger partial charge in [-0.1, -0.05) is 11.3 Å². The molecule has 1 aliphatic rings. The Hall–Kier alpha value is -1.70. The Morgan fingerprint density at radius 2 is 2.09 bits per heavy atom. The van der Waals surface area contributed by atoms with Crippen LogP contribution in [0.5, 0.6) is 0 Å². The summed E-state index contributed by atoms with van der Waals surface area (Å²) in [6, 6.07) is -0.185. The average Bonchev–Trinajstić information content (AvgIpc) is 3.06. The predicted octanol–water partition coefficient (Wildman–Crippen LogP) is 2.79. The number of carbonyl (C=O) groups is 2. The van der Waals surface area contributed by atoms with Gasteiger partial charge < -0.3 is 9.47 Å². The van der Waals surface area contributed by atoms with Crippen molar-refractivity contribution in [3.8, 4) is 0 Å². The van der Waals surface area contributed by atoms with Crippen LogP contribution in [-0.4, -0.2) is 45.9 Å². The highest BCUT2D eigenvalue weighted by Crippen LogP contribution is 2.34. The summed E-state index contributed by atoms with van der Waals surface area (Å²) in [7, 11) is 0. The SMILES string of the molecule is CCOC(=O)c1nnc(C2CCCN2C(=O)OC(C)(C)C)s1. The van der Waals surface area contributed by atoms with Gasteiger partial charge in [-0.15, -0.1) is 10.2 Å². The first kappa shape index (κ1) is 16.7. The molecule has 0 radical (unpaired) electrons. The Labute approximate surface area is 133 Å². The Bertz CT molecular complexity index is 553. The number of nitrogens with zero attached hydrogens (tertiary/aromatic N) is 3. The third kappa shape index (κ3) is 3.94. The highest BCUT2D eigenvalue weighted by Gasteiger charge is 2.35. The van der Waals surface area contributed by atoms with Gasteiger partial charge in [0.05, 0.1) is 12.6 Å². The maximum Gasteiger partial charge on any atom is 0.410 e. The zero-order chi connectivity index (χ0) is 16.3. The van der Waals surface area contributed by atoms with Gasteiger partial charge in [-0.3, -0.25) is 4.90 Å². The van der Waals surface area contributed by atoms with Gasteiger partial charge in [-0.25, -0.2) is 9.59 Å². The molecule has 0 spiro atoms. The molecule has 22 heavy (non-hydrogen) atoms.